The molecule has 0 aromatic heterocycles. The molecule has 21 heavy (non-hydrogen) atoms. The third-order valence-corrected chi connectivity index (χ3v) is 4.48. The highest BCUT2D eigenvalue weighted by Crippen LogP contribution is 2.31. The van der Waals surface area contributed by atoms with Crippen molar-refractivity contribution >= 4 is 11.6 Å². The van der Waals surface area contributed by atoms with Gasteiger partial charge in [0.1, 0.15) is 0 Å². The van der Waals surface area contributed by atoms with Crippen molar-refractivity contribution in [2.45, 2.75) is 25.2 Å². The highest BCUT2D eigenvalue weighted by molar-refractivity contribution is 6.30. The molecule has 1 aromatic rings. The second kappa shape index (κ2) is 8.11. The molecule has 0 bridgehead atoms. The van der Waals surface area contributed by atoms with E-state index in [0.717, 1.165) is 38.0 Å². The Morgan fingerprint density at radius 3 is 2.29 bits per heavy atom. The molecule has 4 nitrogen and oxygen atoms in total. The molecule has 1 aromatic carbocycles. The standard InChI is InChI=1S/C16H24ClNO3/c1-20-15(21-2)11-18-9-7-13(8-10-18)16(19)12-3-5-14(17)6-4-12/h3-6,13,15-16,19H,7-11H2,1-2H3/t16-/m1/s1. The van der Waals surface area contributed by atoms with Gasteiger partial charge in [-0.2, -0.15) is 0 Å². The molecule has 1 fully saturated rings. The first-order chi connectivity index (χ1) is 10.1. The quantitative estimate of drug-likeness (QED) is 0.820. The van der Waals surface area contributed by atoms with Crippen molar-refractivity contribution in [1.29, 1.82) is 0 Å². The van der Waals surface area contributed by atoms with Gasteiger partial charge in [0.2, 0.25) is 0 Å². The van der Waals surface area contributed by atoms with E-state index in [4.69, 9.17) is 21.1 Å². The van der Waals surface area contributed by atoms with Crippen LogP contribution in [0.1, 0.15) is 24.5 Å². The Hall–Kier alpha value is -0.650. The van der Waals surface area contributed by atoms with Gasteiger partial charge in [0.15, 0.2) is 6.29 Å². The zero-order valence-electron chi connectivity index (χ0n) is 12.7. The third kappa shape index (κ3) is 4.66. The van der Waals surface area contributed by atoms with Crippen molar-refractivity contribution in [1.82, 2.24) is 4.90 Å². The molecule has 1 aliphatic rings. The highest BCUT2D eigenvalue weighted by atomic mass is 35.5. The first-order valence-corrected chi connectivity index (χ1v) is 7.73. The Kier molecular flexibility index (Phi) is 6.45. The highest BCUT2D eigenvalue weighted by Gasteiger charge is 2.27. The van der Waals surface area contributed by atoms with Crippen molar-refractivity contribution in [3.05, 3.63) is 34.9 Å². The second-order valence-electron chi connectivity index (χ2n) is 5.54. The molecule has 0 saturated carbocycles. The second-order valence-corrected chi connectivity index (χ2v) is 5.97. The molecule has 0 spiro atoms. The number of methoxy groups -OCH3 is 2. The lowest BCUT2D eigenvalue weighted by Gasteiger charge is -2.35. The summed E-state index contributed by atoms with van der Waals surface area (Å²) in [7, 11) is 3.32. The van der Waals surface area contributed by atoms with Gasteiger partial charge < -0.3 is 14.6 Å². The molecule has 1 aliphatic heterocycles. The maximum absolute atomic E-state index is 10.5. The number of likely N-dealkylation sites (tertiary alicyclic amines) is 1. The minimum atomic E-state index is -0.412. The number of aliphatic hydroxyl groups is 1. The van der Waals surface area contributed by atoms with E-state index in [9.17, 15) is 5.11 Å². The van der Waals surface area contributed by atoms with E-state index in [0.29, 0.717) is 10.9 Å². The SMILES string of the molecule is COC(CN1CCC([C@H](O)c2ccc(Cl)cc2)CC1)OC. The summed E-state index contributed by atoms with van der Waals surface area (Å²) in [4.78, 5) is 2.32. The number of hydrogen-bond donors (Lipinski definition) is 1. The summed E-state index contributed by atoms with van der Waals surface area (Å²) >= 11 is 5.89. The number of ether oxygens (including phenoxy) is 2. The van der Waals surface area contributed by atoms with Crippen LogP contribution < -0.4 is 0 Å². The average Bonchev–Trinajstić information content (AvgIpc) is 2.53. The zero-order valence-corrected chi connectivity index (χ0v) is 13.4. The largest absolute Gasteiger partial charge is 0.388 e. The molecule has 1 saturated heterocycles. The average molecular weight is 314 g/mol. The summed E-state index contributed by atoms with van der Waals surface area (Å²) in [5.74, 6) is 0.297. The molecule has 1 N–H and O–H groups in total. The summed E-state index contributed by atoms with van der Waals surface area (Å²) < 4.78 is 10.5. The molecule has 0 unspecified atom stereocenters. The molecule has 5 heteroatoms. The Balaban J connectivity index is 1.84. The summed E-state index contributed by atoms with van der Waals surface area (Å²) in [6.07, 6.45) is 1.36. The molecular formula is C16H24ClNO3. The molecule has 1 atom stereocenters. The lowest BCUT2D eigenvalue weighted by Crippen LogP contribution is -2.41. The van der Waals surface area contributed by atoms with Crippen molar-refractivity contribution in [3.63, 3.8) is 0 Å². The maximum Gasteiger partial charge on any atom is 0.169 e. The molecule has 118 valence electrons. The first kappa shape index (κ1) is 16.7. The van der Waals surface area contributed by atoms with Crippen LogP contribution in [0, 0.1) is 5.92 Å². The number of rotatable bonds is 6. The fraction of sp³-hybridized carbons (Fsp3) is 0.625. The summed E-state index contributed by atoms with van der Waals surface area (Å²) in [6, 6.07) is 7.48. The Morgan fingerprint density at radius 1 is 1.19 bits per heavy atom. The molecule has 0 amide bonds. The van der Waals surface area contributed by atoms with Crippen LogP contribution in [-0.2, 0) is 9.47 Å². The molecule has 2 rings (SSSR count). The number of nitrogens with zero attached hydrogens (tertiary/aromatic N) is 1. The summed E-state index contributed by atoms with van der Waals surface area (Å²) in [6.45, 7) is 2.69. The number of piperidine rings is 1. The zero-order chi connectivity index (χ0) is 15.2. The first-order valence-electron chi connectivity index (χ1n) is 7.35. The van der Waals surface area contributed by atoms with Gasteiger partial charge in [-0.1, -0.05) is 23.7 Å². The molecule has 0 aliphatic carbocycles. The van der Waals surface area contributed by atoms with Gasteiger partial charge >= 0.3 is 0 Å². The van der Waals surface area contributed by atoms with Gasteiger partial charge in [-0.25, -0.2) is 0 Å². The van der Waals surface area contributed by atoms with Gasteiger partial charge in [0.05, 0.1) is 6.10 Å². The predicted octanol–water partition coefficient (Wildman–Crippen LogP) is 2.70. The number of halogens is 1. The van der Waals surface area contributed by atoms with E-state index in [1.54, 1.807) is 14.2 Å². The van der Waals surface area contributed by atoms with Crippen LogP contribution in [0.3, 0.4) is 0 Å². The minimum Gasteiger partial charge on any atom is -0.388 e. The van der Waals surface area contributed by atoms with Crippen LogP contribution in [-0.4, -0.2) is 50.2 Å². The van der Waals surface area contributed by atoms with E-state index in [1.807, 2.05) is 24.3 Å². The number of hydrogen-bond acceptors (Lipinski definition) is 4. The van der Waals surface area contributed by atoms with Gasteiger partial charge in [-0.05, 0) is 49.5 Å². The lowest BCUT2D eigenvalue weighted by molar-refractivity contribution is -0.119. The summed E-state index contributed by atoms with van der Waals surface area (Å²) in [5, 5.41) is 11.2. The molecular weight excluding hydrogens is 290 g/mol. The van der Waals surface area contributed by atoms with Gasteiger partial charge in [0, 0.05) is 25.8 Å². The monoisotopic (exact) mass is 313 g/mol. The topological polar surface area (TPSA) is 41.9 Å². The fourth-order valence-electron chi connectivity index (χ4n) is 2.84. The van der Waals surface area contributed by atoms with Crippen molar-refractivity contribution in [2.24, 2.45) is 5.92 Å². The Morgan fingerprint density at radius 2 is 1.76 bits per heavy atom. The van der Waals surface area contributed by atoms with Crippen LogP contribution in [0.25, 0.3) is 0 Å². The Labute approximate surface area is 131 Å². The van der Waals surface area contributed by atoms with E-state index in [1.165, 1.54) is 0 Å². The van der Waals surface area contributed by atoms with Crippen LogP contribution >= 0.6 is 11.6 Å². The third-order valence-electron chi connectivity index (χ3n) is 4.22. The van der Waals surface area contributed by atoms with E-state index in [-0.39, 0.29) is 6.29 Å². The smallest absolute Gasteiger partial charge is 0.169 e. The maximum atomic E-state index is 10.5. The van der Waals surface area contributed by atoms with E-state index < -0.39 is 6.10 Å². The number of aliphatic hydroxyl groups excluding tert-OH is 1. The van der Waals surface area contributed by atoms with Gasteiger partial charge in [-0.15, -0.1) is 0 Å². The van der Waals surface area contributed by atoms with Crippen molar-refractivity contribution < 1.29 is 14.6 Å². The number of benzene rings is 1. The van der Waals surface area contributed by atoms with Crippen LogP contribution in [0.4, 0.5) is 0 Å². The normalized spacial score (nSPS) is 19.1. The van der Waals surface area contributed by atoms with E-state index >= 15 is 0 Å². The van der Waals surface area contributed by atoms with Gasteiger partial charge in [-0.3, -0.25) is 4.90 Å². The van der Waals surface area contributed by atoms with Crippen molar-refractivity contribution in [2.75, 3.05) is 33.9 Å². The summed E-state index contributed by atoms with van der Waals surface area (Å²) in [5.41, 5.74) is 0.949. The van der Waals surface area contributed by atoms with Crippen LogP contribution in [0.15, 0.2) is 24.3 Å². The van der Waals surface area contributed by atoms with Gasteiger partial charge in [0.25, 0.3) is 0 Å². The molecule has 1 heterocycles. The van der Waals surface area contributed by atoms with E-state index in [2.05, 4.69) is 4.90 Å². The fourth-order valence-corrected chi connectivity index (χ4v) is 2.97. The van der Waals surface area contributed by atoms with Crippen LogP contribution in [0.5, 0.6) is 0 Å². The molecule has 0 radical (unpaired) electrons. The minimum absolute atomic E-state index is 0.178. The lowest BCUT2D eigenvalue weighted by atomic mass is 9.87. The van der Waals surface area contributed by atoms with Crippen LogP contribution in [0.2, 0.25) is 5.02 Å². The Bertz CT molecular complexity index is 414. The van der Waals surface area contributed by atoms with Crippen molar-refractivity contribution in [3.8, 4) is 0 Å². The predicted molar refractivity (Wildman–Crippen MR) is 83.4 cm³/mol.